The molecule has 3 heterocycles. The maximum atomic E-state index is 4.99. The summed E-state index contributed by atoms with van der Waals surface area (Å²) in [5.74, 6) is 2.07. The molecule has 27 heavy (non-hydrogen) atoms. The maximum Gasteiger partial charge on any atom is 0.129 e. The van der Waals surface area contributed by atoms with Crippen molar-refractivity contribution in [1.82, 2.24) is 15.3 Å². The zero-order valence-corrected chi connectivity index (χ0v) is 16.0. The van der Waals surface area contributed by atoms with E-state index in [0.29, 0.717) is 11.6 Å². The Balaban J connectivity index is 1.34. The first kappa shape index (κ1) is 17.0. The molecule has 5 rings (SSSR count). The lowest BCUT2D eigenvalue weighted by Gasteiger charge is -2.35. The molecule has 2 aromatic rings. The average molecular weight is 364 g/mol. The van der Waals surface area contributed by atoms with Gasteiger partial charge in [-0.15, -0.1) is 0 Å². The molecule has 2 aliphatic carbocycles. The van der Waals surface area contributed by atoms with Crippen LogP contribution in [0.15, 0.2) is 36.5 Å². The predicted molar refractivity (Wildman–Crippen MR) is 110 cm³/mol. The van der Waals surface area contributed by atoms with Crippen LogP contribution in [-0.4, -0.2) is 41.2 Å². The Labute approximate surface area is 161 Å². The molecule has 0 amide bonds. The number of nitrogens with zero attached hydrogens (tertiary/aromatic N) is 3. The van der Waals surface area contributed by atoms with E-state index in [-0.39, 0.29) is 0 Å². The van der Waals surface area contributed by atoms with Gasteiger partial charge in [-0.05, 0) is 49.9 Å². The Bertz CT molecular complexity index is 795. The summed E-state index contributed by atoms with van der Waals surface area (Å²) in [7, 11) is 0. The first-order chi connectivity index (χ1) is 13.3. The van der Waals surface area contributed by atoms with Gasteiger partial charge in [-0.2, -0.15) is 0 Å². The van der Waals surface area contributed by atoms with Crippen LogP contribution < -0.4 is 15.5 Å². The standard InChI is InChI=1S/C22H29N5/c1-2-5-18(6-3-1)25-20-15-17(9-12-23-20)19-7-4-8-21(26-19)27-14-13-24-22(16-27)10-11-22/h4,7-9,12,15,18,24H,1-3,5-6,10-11,13-14,16H2,(H,23,25). The van der Waals surface area contributed by atoms with Crippen molar-refractivity contribution in [2.75, 3.05) is 29.9 Å². The summed E-state index contributed by atoms with van der Waals surface area (Å²) in [5, 5.41) is 7.31. The van der Waals surface area contributed by atoms with Gasteiger partial charge in [0.25, 0.3) is 0 Å². The van der Waals surface area contributed by atoms with Crippen molar-refractivity contribution >= 4 is 11.6 Å². The number of hydrogen-bond donors (Lipinski definition) is 2. The fourth-order valence-electron chi connectivity index (χ4n) is 4.52. The second kappa shape index (κ2) is 7.12. The summed E-state index contributed by atoms with van der Waals surface area (Å²) in [6.45, 7) is 3.16. The van der Waals surface area contributed by atoms with E-state index in [1.54, 1.807) is 0 Å². The molecule has 5 heteroatoms. The van der Waals surface area contributed by atoms with E-state index >= 15 is 0 Å². The highest BCUT2D eigenvalue weighted by Crippen LogP contribution is 2.38. The molecule has 142 valence electrons. The highest BCUT2D eigenvalue weighted by molar-refractivity contribution is 5.64. The van der Waals surface area contributed by atoms with Gasteiger partial charge in [0.2, 0.25) is 0 Å². The van der Waals surface area contributed by atoms with Gasteiger partial charge in [-0.1, -0.05) is 25.3 Å². The molecular formula is C22H29N5. The number of anilines is 2. The smallest absolute Gasteiger partial charge is 0.129 e. The zero-order valence-electron chi connectivity index (χ0n) is 16.0. The molecule has 3 aliphatic rings. The molecule has 2 N–H and O–H groups in total. The molecule has 1 spiro atoms. The van der Waals surface area contributed by atoms with Crippen LogP contribution in [0.3, 0.4) is 0 Å². The molecule has 0 radical (unpaired) electrons. The molecule has 3 fully saturated rings. The van der Waals surface area contributed by atoms with Gasteiger partial charge >= 0.3 is 0 Å². The van der Waals surface area contributed by atoms with Crippen LogP contribution >= 0.6 is 0 Å². The van der Waals surface area contributed by atoms with Gasteiger partial charge in [0, 0.05) is 43.0 Å². The highest BCUT2D eigenvalue weighted by Gasteiger charge is 2.45. The van der Waals surface area contributed by atoms with Gasteiger partial charge in [0.15, 0.2) is 0 Å². The molecule has 5 nitrogen and oxygen atoms in total. The van der Waals surface area contributed by atoms with Crippen LogP contribution in [0.25, 0.3) is 11.3 Å². The molecule has 2 saturated carbocycles. The predicted octanol–water partition coefficient (Wildman–Crippen LogP) is 3.83. The average Bonchev–Trinajstić information content (AvgIpc) is 3.47. The largest absolute Gasteiger partial charge is 0.367 e. The Hall–Kier alpha value is -2.14. The second-order valence-electron chi connectivity index (χ2n) is 8.42. The normalized spacial score (nSPS) is 22.0. The number of aromatic nitrogens is 2. The van der Waals surface area contributed by atoms with E-state index in [4.69, 9.17) is 4.98 Å². The van der Waals surface area contributed by atoms with Crippen molar-refractivity contribution in [3.63, 3.8) is 0 Å². The van der Waals surface area contributed by atoms with E-state index < -0.39 is 0 Å². The Morgan fingerprint density at radius 1 is 1.11 bits per heavy atom. The number of rotatable bonds is 4. The third kappa shape index (κ3) is 3.79. The second-order valence-corrected chi connectivity index (χ2v) is 8.42. The Morgan fingerprint density at radius 3 is 2.85 bits per heavy atom. The Morgan fingerprint density at radius 2 is 2.00 bits per heavy atom. The minimum absolute atomic E-state index is 0.365. The molecule has 1 aliphatic heterocycles. The highest BCUT2D eigenvalue weighted by atomic mass is 15.3. The van der Waals surface area contributed by atoms with Crippen molar-refractivity contribution in [2.24, 2.45) is 0 Å². The van der Waals surface area contributed by atoms with Crippen LogP contribution in [-0.2, 0) is 0 Å². The summed E-state index contributed by atoms with van der Waals surface area (Å²) in [4.78, 5) is 12.0. The molecule has 0 unspecified atom stereocenters. The van der Waals surface area contributed by atoms with E-state index in [1.165, 1.54) is 44.9 Å². The van der Waals surface area contributed by atoms with Crippen LogP contribution in [0.2, 0.25) is 0 Å². The third-order valence-corrected chi connectivity index (χ3v) is 6.30. The molecule has 2 aromatic heterocycles. The molecule has 1 saturated heterocycles. The van der Waals surface area contributed by atoms with Crippen molar-refractivity contribution in [2.45, 2.75) is 56.5 Å². The molecular weight excluding hydrogens is 334 g/mol. The fraction of sp³-hybridized carbons (Fsp3) is 0.545. The van der Waals surface area contributed by atoms with Crippen molar-refractivity contribution < 1.29 is 0 Å². The minimum atomic E-state index is 0.365. The minimum Gasteiger partial charge on any atom is -0.367 e. The lowest BCUT2D eigenvalue weighted by atomic mass is 9.95. The van der Waals surface area contributed by atoms with E-state index in [2.05, 4.69) is 50.8 Å². The van der Waals surface area contributed by atoms with Crippen molar-refractivity contribution in [1.29, 1.82) is 0 Å². The number of piperazine rings is 1. The fourth-order valence-corrected chi connectivity index (χ4v) is 4.52. The lowest BCUT2D eigenvalue weighted by molar-refractivity contribution is 0.440. The van der Waals surface area contributed by atoms with Gasteiger partial charge in [0.05, 0.1) is 5.69 Å². The summed E-state index contributed by atoms with van der Waals surface area (Å²) < 4.78 is 0. The SMILES string of the molecule is c1cc(-c2ccnc(NC3CCCCC3)c2)nc(N2CCNC3(CC3)C2)c1. The van der Waals surface area contributed by atoms with Gasteiger partial charge < -0.3 is 15.5 Å². The van der Waals surface area contributed by atoms with Crippen molar-refractivity contribution in [3.05, 3.63) is 36.5 Å². The summed E-state index contributed by atoms with van der Waals surface area (Å²) in [6.07, 6.45) is 11.0. The maximum absolute atomic E-state index is 4.99. The first-order valence-corrected chi connectivity index (χ1v) is 10.5. The Kier molecular flexibility index (Phi) is 4.48. The van der Waals surface area contributed by atoms with E-state index in [0.717, 1.165) is 42.5 Å². The number of pyridine rings is 2. The van der Waals surface area contributed by atoms with Crippen LogP contribution in [0.5, 0.6) is 0 Å². The summed E-state index contributed by atoms with van der Waals surface area (Å²) >= 11 is 0. The monoisotopic (exact) mass is 363 g/mol. The van der Waals surface area contributed by atoms with Crippen LogP contribution in [0, 0.1) is 0 Å². The number of hydrogen-bond acceptors (Lipinski definition) is 5. The molecule has 0 atom stereocenters. The van der Waals surface area contributed by atoms with Gasteiger partial charge in [-0.25, -0.2) is 9.97 Å². The lowest BCUT2D eigenvalue weighted by Crippen LogP contribution is -2.52. The van der Waals surface area contributed by atoms with Crippen LogP contribution in [0.1, 0.15) is 44.9 Å². The molecule has 0 bridgehead atoms. The topological polar surface area (TPSA) is 53.1 Å². The quantitative estimate of drug-likeness (QED) is 0.865. The van der Waals surface area contributed by atoms with Gasteiger partial charge in [0.1, 0.15) is 11.6 Å². The van der Waals surface area contributed by atoms with Crippen molar-refractivity contribution in [3.8, 4) is 11.3 Å². The summed E-state index contributed by atoms with van der Waals surface area (Å²) in [6, 6.07) is 11.2. The zero-order chi connectivity index (χ0) is 18.1. The van der Waals surface area contributed by atoms with E-state index in [1.807, 2.05) is 6.20 Å². The van der Waals surface area contributed by atoms with Crippen LogP contribution in [0.4, 0.5) is 11.6 Å². The third-order valence-electron chi connectivity index (χ3n) is 6.30. The van der Waals surface area contributed by atoms with E-state index in [9.17, 15) is 0 Å². The summed E-state index contributed by atoms with van der Waals surface area (Å²) in [5.41, 5.74) is 2.54. The molecule has 0 aromatic carbocycles. The first-order valence-electron chi connectivity index (χ1n) is 10.5. The number of nitrogens with one attached hydrogen (secondary N) is 2. The van der Waals surface area contributed by atoms with Gasteiger partial charge in [-0.3, -0.25) is 0 Å².